The zero-order valence-corrected chi connectivity index (χ0v) is 14.3. The van der Waals surface area contributed by atoms with E-state index in [-0.39, 0.29) is 35.3 Å². The Morgan fingerprint density at radius 1 is 1.45 bits per heavy atom. The molecule has 0 radical (unpaired) electrons. The molecule has 1 fully saturated rings. The van der Waals surface area contributed by atoms with Gasteiger partial charge in [0, 0.05) is 18.0 Å². The fourth-order valence-corrected chi connectivity index (χ4v) is 2.32. The minimum Gasteiger partial charge on any atom is -0.348 e. The van der Waals surface area contributed by atoms with Crippen LogP contribution in [0.25, 0.3) is 0 Å². The number of nitrogens with two attached hydrogens (primary N) is 1. The number of hydrogen-bond donors (Lipinski definition) is 3. The van der Waals surface area contributed by atoms with Gasteiger partial charge in [-0.1, -0.05) is 20.8 Å². The van der Waals surface area contributed by atoms with Gasteiger partial charge in [-0.05, 0) is 25.7 Å². The lowest BCUT2D eigenvalue weighted by Crippen LogP contribution is -2.44. The zero-order valence-electron chi connectivity index (χ0n) is 13.5. The van der Waals surface area contributed by atoms with E-state index in [0.717, 1.165) is 12.8 Å². The second-order valence-electron chi connectivity index (χ2n) is 6.78. The van der Waals surface area contributed by atoms with Crippen molar-refractivity contribution in [3.63, 3.8) is 0 Å². The number of amides is 1. The lowest BCUT2D eigenvalue weighted by molar-refractivity contribution is 0.0930. The molecule has 7 heteroatoms. The molecule has 2 rings (SSSR count). The van der Waals surface area contributed by atoms with Crippen LogP contribution in [-0.2, 0) is 5.41 Å². The van der Waals surface area contributed by atoms with Gasteiger partial charge in [-0.2, -0.15) is 0 Å². The van der Waals surface area contributed by atoms with Crippen molar-refractivity contribution in [2.75, 3.05) is 6.54 Å². The fourth-order valence-electron chi connectivity index (χ4n) is 2.32. The molecule has 4 N–H and O–H groups in total. The van der Waals surface area contributed by atoms with Crippen LogP contribution in [0.5, 0.6) is 0 Å². The monoisotopic (exact) mass is 328 g/mol. The molecule has 124 valence electrons. The van der Waals surface area contributed by atoms with Crippen molar-refractivity contribution in [3.05, 3.63) is 27.4 Å². The minimum absolute atomic E-state index is 0. The summed E-state index contributed by atoms with van der Waals surface area (Å²) in [4.78, 5) is 31.6. The smallest absolute Gasteiger partial charge is 0.264 e. The number of nitrogens with one attached hydrogen (secondary N) is 2. The van der Waals surface area contributed by atoms with Gasteiger partial charge in [0.1, 0.15) is 11.4 Å². The van der Waals surface area contributed by atoms with E-state index in [1.807, 2.05) is 20.8 Å². The standard InChI is InChI=1S/C15H24N4O2.ClH/c1-8-11(12(20)18-10(7-16)9-5-6-9)13(21)19-14(17-8)15(2,3)4;/h9-10H,5-7,16H2,1-4H3,(H,18,20)(H,17,19,21);1H. The molecule has 1 unspecified atom stereocenters. The number of carbonyl (C=O) groups is 1. The highest BCUT2D eigenvalue weighted by Gasteiger charge is 2.32. The van der Waals surface area contributed by atoms with E-state index in [0.29, 0.717) is 24.0 Å². The van der Waals surface area contributed by atoms with Gasteiger partial charge in [-0.3, -0.25) is 9.59 Å². The molecule has 1 aliphatic carbocycles. The molecule has 1 saturated carbocycles. The van der Waals surface area contributed by atoms with Crippen LogP contribution in [0.1, 0.15) is 55.5 Å². The van der Waals surface area contributed by atoms with E-state index in [9.17, 15) is 9.59 Å². The van der Waals surface area contributed by atoms with Crippen LogP contribution in [0.4, 0.5) is 0 Å². The Morgan fingerprint density at radius 3 is 2.45 bits per heavy atom. The third-order valence-electron chi connectivity index (χ3n) is 3.80. The predicted molar refractivity (Wildman–Crippen MR) is 88.6 cm³/mol. The van der Waals surface area contributed by atoms with E-state index in [4.69, 9.17) is 5.73 Å². The molecule has 1 atom stereocenters. The number of rotatable bonds is 4. The maximum absolute atomic E-state index is 12.3. The number of carbonyl (C=O) groups excluding carboxylic acids is 1. The second kappa shape index (κ2) is 6.79. The van der Waals surface area contributed by atoms with E-state index >= 15 is 0 Å². The van der Waals surface area contributed by atoms with Gasteiger partial charge in [-0.15, -0.1) is 12.4 Å². The van der Waals surface area contributed by atoms with Crippen LogP contribution in [0.15, 0.2) is 4.79 Å². The van der Waals surface area contributed by atoms with E-state index in [1.54, 1.807) is 6.92 Å². The average Bonchev–Trinajstić information content (AvgIpc) is 3.18. The first-order chi connectivity index (χ1) is 9.74. The lowest BCUT2D eigenvalue weighted by Gasteiger charge is -2.19. The number of H-pyrrole nitrogens is 1. The van der Waals surface area contributed by atoms with E-state index < -0.39 is 5.56 Å². The van der Waals surface area contributed by atoms with Gasteiger partial charge in [0.25, 0.3) is 11.5 Å². The zero-order chi connectivity index (χ0) is 15.8. The van der Waals surface area contributed by atoms with Crippen LogP contribution in [0, 0.1) is 12.8 Å². The van der Waals surface area contributed by atoms with Gasteiger partial charge in [0.2, 0.25) is 0 Å². The lowest BCUT2D eigenvalue weighted by atomic mass is 9.95. The van der Waals surface area contributed by atoms with Crippen LogP contribution in [-0.4, -0.2) is 28.5 Å². The molecule has 1 aromatic rings. The Hall–Kier alpha value is -1.40. The Bertz CT molecular complexity index is 603. The maximum Gasteiger partial charge on any atom is 0.264 e. The summed E-state index contributed by atoms with van der Waals surface area (Å²) in [5, 5.41) is 2.86. The molecule has 0 saturated heterocycles. The number of halogens is 1. The molecule has 0 aromatic carbocycles. The summed E-state index contributed by atoms with van der Waals surface area (Å²) >= 11 is 0. The number of hydrogen-bond acceptors (Lipinski definition) is 4. The number of aromatic nitrogens is 2. The molecule has 0 bridgehead atoms. The van der Waals surface area contributed by atoms with Crippen LogP contribution in [0.2, 0.25) is 0 Å². The molecule has 1 aliphatic rings. The van der Waals surface area contributed by atoms with Crippen LogP contribution < -0.4 is 16.6 Å². The maximum atomic E-state index is 12.3. The van der Waals surface area contributed by atoms with Crippen LogP contribution in [0.3, 0.4) is 0 Å². The summed E-state index contributed by atoms with van der Waals surface area (Å²) in [6.07, 6.45) is 2.16. The minimum atomic E-state index is -0.392. The largest absolute Gasteiger partial charge is 0.348 e. The van der Waals surface area contributed by atoms with Gasteiger partial charge in [-0.25, -0.2) is 4.98 Å². The van der Waals surface area contributed by atoms with Crippen molar-refractivity contribution >= 4 is 18.3 Å². The molecular weight excluding hydrogens is 304 g/mol. The highest BCUT2D eigenvalue weighted by molar-refractivity contribution is 5.95. The molecular formula is C15H25ClN4O2. The predicted octanol–water partition coefficient (Wildman–Crippen LogP) is 1.26. The highest BCUT2D eigenvalue weighted by atomic mass is 35.5. The average molecular weight is 329 g/mol. The highest BCUT2D eigenvalue weighted by Crippen LogP contribution is 2.32. The van der Waals surface area contributed by atoms with Crippen LogP contribution >= 0.6 is 12.4 Å². The van der Waals surface area contributed by atoms with E-state index in [1.165, 1.54) is 0 Å². The Balaban J connectivity index is 0.00000242. The topological polar surface area (TPSA) is 101 Å². The molecule has 6 nitrogen and oxygen atoms in total. The Kier molecular flexibility index (Phi) is 5.76. The van der Waals surface area contributed by atoms with E-state index in [2.05, 4.69) is 15.3 Å². The third kappa shape index (κ3) is 4.08. The van der Waals surface area contributed by atoms with Gasteiger partial charge < -0.3 is 16.0 Å². The fraction of sp³-hybridized carbons (Fsp3) is 0.667. The summed E-state index contributed by atoms with van der Waals surface area (Å²) < 4.78 is 0. The molecule has 1 aromatic heterocycles. The number of aryl methyl sites for hydroxylation is 1. The van der Waals surface area contributed by atoms with Gasteiger partial charge in [0.15, 0.2) is 0 Å². The Labute approximate surface area is 136 Å². The summed E-state index contributed by atoms with van der Waals surface area (Å²) in [6, 6.07) is -0.0569. The number of aromatic amines is 1. The first-order valence-electron chi connectivity index (χ1n) is 7.36. The number of nitrogens with zero attached hydrogens (tertiary/aromatic N) is 1. The summed E-state index contributed by atoms with van der Waals surface area (Å²) in [5.41, 5.74) is 5.55. The quantitative estimate of drug-likeness (QED) is 0.774. The molecule has 0 aliphatic heterocycles. The summed E-state index contributed by atoms with van der Waals surface area (Å²) in [7, 11) is 0. The second-order valence-corrected chi connectivity index (χ2v) is 6.78. The first kappa shape index (κ1) is 18.6. The molecule has 22 heavy (non-hydrogen) atoms. The summed E-state index contributed by atoms with van der Waals surface area (Å²) in [6.45, 7) is 7.96. The summed E-state index contributed by atoms with van der Waals surface area (Å²) in [5.74, 6) is 0.642. The van der Waals surface area contributed by atoms with Crippen molar-refractivity contribution in [2.45, 2.75) is 52.0 Å². The third-order valence-corrected chi connectivity index (χ3v) is 3.80. The normalized spacial score (nSPS) is 15.9. The van der Waals surface area contributed by atoms with Crippen molar-refractivity contribution in [2.24, 2.45) is 11.7 Å². The van der Waals surface area contributed by atoms with Gasteiger partial charge in [0.05, 0.1) is 5.69 Å². The first-order valence-corrected chi connectivity index (χ1v) is 7.36. The van der Waals surface area contributed by atoms with Crippen molar-refractivity contribution in [3.8, 4) is 0 Å². The van der Waals surface area contributed by atoms with Crippen molar-refractivity contribution in [1.82, 2.24) is 15.3 Å². The molecule has 1 amide bonds. The molecule has 1 heterocycles. The van der Waals surface area contributed by atoms with Gasteiger partial charge >= 0.3 is 0 Å². The Morgan fingerprint density at radius 2 is 2.05 bits per heavy atom. The SMILES string of the molecule is Cc1nc(C(C)(C)C)[nH]c(=O)c1C(=O)NC(CN)C1CC1.Cl. The van der Waals surface area contributed by atoms with Crippen molar-refractivity contribution < 1.29 is 4.79 Å². The molecule has 0 spiro atoms. The van der Waals surface area contributed by atoms with Crippen molar-refractivity contribution in [1.29, 1.82) is 0 Å².